The average Bonchev–Trinajstić information content (AvgIpc) is 3.23. The number of methoxy groups -OCH3 is 1. The zero-order chi connectivity index (χ0) is 22.3. The molecule has 30 heavy (non-hydrogen) atoms. The van der Waals surface area contributed by atoms with Gasteiger partial charge in [-0.05, 0) is 26.0 Å². The van der Waals surface area contributed by atoms with E-state index in [0.29, 0.717) is 5.01 Å². The molecule has 0 fully saturated rings. The van der Waals surface area contributed by atoms with Gasteiger partial charge in [0.25, 0.3) is 5.56 Å². The quantitative estimate of drug-likeness (QED) is 0.698. The molecular formula is C18H19F3N4O5. The summed E-state index contributed by atoms with van der Waals surface area (Å²) in [6.07, 6.45) is -2.46. The average molecular weight is 428 g/mol. The Kier molecular flexibility index (Phi) is 5.46. The number of nitrogens with zero attached hydrogens (tertiary/aromatic N) is 3. The Morgan fingerprint density at radius 2 is 2.10 bits per heavy atom. The molecule has 0 aromatic carbocycles. The fourth-order valence-corrected chi connectivity index (χ4v) is 3.24. The Labute approximate surface area is 168 Å². The van der Waals surface area contributed by atoms with Gasteiger partial charge >= 0.3 is 12.1 Å². The number of pyridine rings is 1. The van der Waals surface area contributed by atoms with Gasteiger partial charge in [-0.25, -0.2) is 4.79 Å². The van der Waals surface area contributed by atoms with E-state index in [1.807, 2.05) is 0 Å². The number of carbonyl (C=O) groups excluding carboxylic acids is 1. The van der Waals surface area contributed by atoms with Crippen LogP contribution in [-0.4, -0.2) is 63.9 Å². The summed E-state index contributed by atoms with van der Waals surface area (Å²) in [5.74, 6) is -3.00. The smallest absolute Gasteiger partial charge is 0.411 e. The molecule has 1 aliphatic rings. The first-order valence-corrected chi connectivity index (χ1v) is 8.80. The fourth-order valence-electron chi connectivity index (χ4n) is 3.24. The summed E-state index contributed by atoms with van der Waals surface area (Å²) < 4.78 is 51.5. The van der Waals surface area contributed by atoms with Crippen LogP contribution in [0.25, 0.3) is 11.3 Å². The number of hydrazone groups is 1. The zero-order valence-electron chi connectivity index (χ0n) is 16.2. The number of aliphatic hydroxyl groups is 1. The summed E-state index contributed by atoms with van der Waals surface area (Å²) >= 11 is 0. The van der Waals surface area contributed by atoms with E-state index in [1.54, 1.807) is 0 Å². The number of aromatic nitrogens is 2. The van der Waals surface area contributed by atoms with Crippen LogP contribution in [0.3, 0.4) is 0 Å². The van der Waals surface area contributed by atoms with Gasteiger partial charge in [0.2, 0.25) is 0 Å². The van der Waals surface area contributed by atoms with E-state index in [-0.39, 0.29) is 11.3 Å². The van der Waals surface area contributed by atoms with Crippen molar-refractivity contribution < 1.29 is 32.3 Å². The van der Waals surface area contributed by atoms with E-state index >= 15 is 0 Å². The van der Waals surface area contributed by atoms with Gasteiger partial charge in [-0.15, -0.1) is 0 Å². The number of hydrogen-bond donors (Lipinski definition) is 2. The van der Waals surface area contributed by atoms with Crippen LogP contribution in [-0.2, 0) is 4.74 Å². The number of esters is 1. The van der Waals surface area contributed by atoms with Crippen molar-refractivity contribution in [3.8, 4) is 11.3 Å². The lowest BCUT2D eigenvalue weighted by molar-refractivity contribution is -0.187. The van der Waals surface area contributed by atoms with Crippen LogP contribution in [0.15, 0.2) is 32.7 Å². The summed E-state index contributed by atoms with van der Waals surface area (Å²) in [4.78, 5) is 26.9. The fraction of sp³-hybridized carbons (Fsp3) is 0.444. The third-order valence-electron chi connectivity index (χ3n) is 4.41. The molecule has 2 N–H and O–H groups in total. The summed E-state index contributed by atoms with van der Waals surface area (Å²) in [7, 11) is 1.04. The molecule has 162 valence electrons. The van der Waals surface area contributed by atoms with Crippen LogP contribution in [0.1, 0.15) is 35.9 Å². The molecule has 3 heterocycles. The number of halogens is 3. The van der Waals surface area contributed by atoms with E-state index in [4.69, 9.17) is 9.26 Å². The molecule has 12 heteroatoms. The second kappa shape index (κ2) is 7.59. The molecule has 0 bridgehead atoms. The number of hydrogen-bond acceptors (Lipinski definition) is 8. The number of rotatable bonds is 5. The normalized spacial score (nSPS) is 19.4. The van der Waals surface area contributed by atoms with Crippen LogP contribution < -0.4 is 5.56 Å². The first-order valence-electron chi connectivity index (χ1n) is 8.80. The molecular weight excluding hydrogens is 409 g/mol. The highest BCUT2D eigenvalue weighted by atomic mass is 19.4. The minimum absolute atomic E-state index is 0.0697. The van der Waals surface area contributed by atoms with Crippen molar-refractivity contribution in [2.24, 2.45) is 5.10 Å². The number of nitrogens with one attached hydrogen (secondary N) is 1. The van der Waals surface area contributed by atoms with Crippen molar-refractivity contribution in [1.29, 1.82) is 0 Å². The molecule has 2 atom stereocenters. The molecule has 3 rings (SSSR count). The van der Waals surface area contributed by atoms with Crippen molar-refractivity contribution in [1.82, 2.24) is 15.1 Å². The summed E-state index contributed by atoms with van der Waals surface area (Å²) in [5.41, 5.74) is -2.79. The molecule has 1 aliphatic heterocycles. The maximum absolute atomic E-state index is 13.9. The molecule has 0 saturated heterocycles. The van der Waals surface area contributed by atoms with Gasteiger partial charge in [-0.2, -0.15) is 18.3 Å². The van der Waals surface area contributed by atoms with Gasteiger partial charge in [0.05, 0.1) is 30.7 Å². The zero-order valence-corrected chi connectivity index (χ0v) is 16.2. The molecule has 9 nitrogen and oxygen atoms in total. The molecule has 0 spiro atoms. The predicted octanol–water partition coefficient (Wildman–Crippen LogP) is 1.90. The molecule has 2 aromatic heterocycles. The van der Waals surface area contributed by atoms with Crippen molar-refractivity contribution in [2.75, 3.05) is 13.7 Å². The van der Waals surface area contributed by atoms with Gasteiger partial charge in [0, 0.05) is 12.4 Å². The van der Waals surface area contributed by atoms with Crippen molar-refractivity contribution in [3.05, 3.63) is 40.0 Å². The van der Waals surface area contributed by atoms with E-state index in [1.165, 1.54) is 32.2 Å². The van der Waals surface area contributed by atoms with Crippen LogP contribution in [0, 0.1) is 0 Å². The predicted molar refractivity (Wildman–Crippen MR) is 98.0 cm³/mol. The molecule has 2 unspecified atom stereocenters. The Balaban J connectivity index is 2.13. The van der Waals surface area contributed by atoms with Crippen LogP contribution in [0.4, 0.5) is 13.2 Å². The van der Waals surface area contributed by atoms with Crippen molar-refractivity contribution in [2.45, 2.75) is 37.6 Å². The Hall–Kier alpha value is -3.15. The SMILES string of the molecule is COC(=O)c1c(-c2ccc[nH]c2=O)noc1C1C=NN(CC(C)(C)O)C1C(F)(F)F. The monoisotopic (exact) mass is 428 g/mol. The van der Waals surface area contributed by atoms with Crippen molar-refractivity contribution >= 4 is 12.2 Å². The topological polar surface area (TPSA) is 121 Å². The second-order valence-electron chi connectivity index (χ2n) is 7.36. The number of alkyl halides is 3. The summed E-state index contributed by atoms with van der Waals surface area (Å²) in [6.45, 7) is 2.27. The largest absolute Gasteiger partial charge is 0.465 e. The Bertz CT molecular complexity index is 1020. The molecule has 0 saturated carbocycles. The van der Waals surface area contributed by atoms with Crippen LogP contribution >= 0.6 is 0 Å². The molecule has 0 aliphatic carbocycles. The molecule has 2 aromatic rings. The maximum Gasteiger partial charge on any atom is 0.411 e. The van der Waals surface area contributed by atoms with Crippen LogP contribution in [0.5, 0.6) is 0 Å². The molecule has 0 amide bonds. The standard InChI is InChI=1S/C18H19F3N4O5/c1-17(2,28)8-25-14(18(19,20)21)10(7-23-25)13-11(16(27)29-3)12(24-30-13)9-5-4-6-22-15(9)26/h4-7,10,14,28H,8H2,1-3H3,(H,22,26). The van der Waals surface area contributed by atoms with Gasteiger partial charge in [0.1, 0.15) is 11.3 Å². The molecule has 0 radical (unpaired) electrons. The maximum atomic E-state index is 13.9. The summed E-state index contributed by atoms with van der Waals surface area (Å²) in [6, 6.07) is 0.590. The Morgan fingerprint density at radius 1 is 1.40 bits per heavy atom. The number of β-amino-alcohol motifs (C(OH)–C–C–N with tert-alkyl or cyclic N) is 1. The van der Waals surface area contributed by atoms with Crippen LogP contribution in [0.2, 0.25) is 0 Å². The lowest BCUT2D eigenvalue weighted by Gasteiger charge is -2.32. The first-order chi connectivity index (χ1) is 13.9. The minimum atomic E-state index is -4.78. The highest BCUT2D eigenvalue weighted by Gasteiger charge is 2.54. The van der Waals surface area contributed by atoms with Gasteiger partial charge < -0.3 is 19.4 Å². The minimum Gasteiger partial charge on any atom is -0.465 e. The number of aromatic amines is 1. The third kappa shape index (κ3) is 4.08. The Morgan fingerprint density at radius 3 is 2.67 bits per heavy atom. The summed E-state index contributed by atoms with van der Waals surface area (Å²) in [5, 5.41) is 18.1. The third-order valence-corrected chi connectivity index (χ3v) is 4.41. The number of H-pyrrole nitrogens is 1. The highest BCUT2D eigenvalue weighted by Crippen LogP contribution is 2.41. The number of carbonyl (C=O) groups is 1. The lowest BCUT2D eigenvalue weighted by Crippen LogP contribution is -2.48. The number of ether oxygens (including phenoxy) is 1. The van der Waals surface area contributed by atoms with E-state index < -0.39 is 53.1 Å². The van der Waals surface area contributed by atoms with E-state index in [2.05, 4.69) is 15.2 Å². The van der Waals surface area contributed by atoms with Gasteiger partial charge in [0.15, 0.2) is 11.8 Å². The second-order valence-corrected chi connectivity index (χ2v) is 7.36. The lowest BCUT2D eigenvalue weighted by atomic mass is 9.93. The first kappa shape index (κ1) is 21.6. The van der Waals surface area contributed by atoms with E-state index in [0.717, 1.165) is 13.3 Å². The van der Waals surface area contributed by atoms with Crippen molar-refractivity contribution in [3.63, 3.8) is 0 Å². The van der Waals surface area contributed by atoms with E-state index in [9.17, 15) is 27.9 Å². The highest BCUT2D eigenvalue weighted by molar-refractivity contribution is 5.98. The van der Waals surface area contributed by atoms with Gasteiger partial charge in [-0.1, -0.05) is 5.16 Å². The van der Waals surface area contributed by atoms with Gasteiger partial charge in [-0.3, -0.25) is 9.80 Å².